The Kier molecular flexibility index (Phi) is 3.86. The molecular weight excluding hydrogens is 228 g/mol. The molecule has 1 aromatic carbocycles. The maximum Gasteiger partial charge on any atom is 0.0832 e. The van der Waals surface area contributed by atoms with Gasteiger partial charge in [-0.3, -0.25) is 5.01 Å². The summed E-state index contributed by atoms with van der Waals surface area (Å²) in [6.45, 7) is 2.69. The molecule has 0 aromatic heterocycles. The number of hydrogen-bond acceptors (Lipinski definition) is 5. The second-order valence-corrected chi connectivity index (χ2v) is 4.47. The molecular formula is C13H20N4O. The van der Waals surface area contributed by atoms with Crippen molar-refractivity contribution >= 4 is 0 Å². The summed E-state index contributed by atoms with van der Waals surface area (Å²) in [7, 11) is 0. The molecule has 5 N–H and O–H groups in total. The zero-order chi connectivity index (χ0) is 13.1. The van der Waals surface area contributed by atoms with Crippen LogP contribution in [0.2, 0.25) is 0 Å². The van der Waals surface area contributed by atoms with Gasteiger partial charge in [0.05, 0.1) is 18.3 Å². The van der Waals surface area contributed by atoms with Gasteiger partial charge in [0.1, 0.15) is 0 Å². The van der Waals surface area contributed by atoms with Crippen molar-refractivity contribution in [3.63, 3.8) is 0 Å². The van der Waals surface area contributed by atoms with Crippen molar-refractivity contribution in [1.29, 1.82) is 0 Å². The first kappa shape index (κ1) is 12.9. The number of nitrogens with two attached hydrogens (primary N) is 2. The van der Waals surface area contributed by atoms with E-state index in [1.165, 1.54) is 0 Å². The Morgan fingerprint density at radius 1 is 1.28 bits per heavy atom. The minimum absolute atomic E-state index is 0.0322. The molecule has 5 nitrogen and oxygen atoms in total. The number of hydrazine groups is 2. The predicted molar refractivity (Wildman–Crippen MR) is 70.4 cm³/mol. The Bertz CT molecular complexity index is 432. The summed E-state index contributed by atoms with van der Waals surface area (Å²) >= 11 is 0. The van der Waals surface area contributed by atoms with Gasteiger partial charge in [0, 0.05) is 18.7 Å². The first-order valence-electron chi connectivity index (χ1n) is 6.09. The van der Waals surface area contributed by atoms with E-state index >= 15 is 0 Å². The molecule has 1 aliphatic heterocycles. The first-order valence-corrected chi connectivity index (χ1v) is 6.09. The van der Waals surface area contributed by atoms with Crippen LogP contribution in [0.5, 0.6) is 0 Å². The van der Waals surface area contributed by atoms with Crippen molar-refractivity contribution in [1.82, 2.24) is 10.1 Å². The summed E-state index contributed by atoms with van der Waals surface area (Å²) in [5.74, 6) is 6.04. The third-order valence-corrected chi connectivity index (χ3v) is 3.29. The van der Waals surface area contributed by atoms with Crippen molar-refractivity contribution in [2.45, 2.75) is 25.9 Å². The van der Waals surface area contributed by atoms with Crippen LogP contribution in [0.1, 0.15) is 18.9 Å². The lowest BCUT2D eigenvalue weighted by Crippen LogP contribution is -2.46. The molecule has 5 heteroatoms. The minimum Gasteiger partial charge on any atom is -0.399 e. The third-order valence-electron chi connectivity index (χ3n) is 3.29. The molecule has 0 fully saturated rings. The average Bonchev–Trinajstić information content (AvgIpc) is 2.58. The summed E-state index contributed by atoms with van der Waals surface area (Å²) in [6.07, 6.45) is 0.525. The summed E-state index contributed by atoms with van der Waals surface area (Å²) in [5, 5.41) is 12.7. The van der Waals surface area contributed by atoms with Gasteiger partial charge in [0.2, 0.25) is 0 Å². The molecule has 2 rings (SSSR count). The highest BCUT2D eigenvalue weighted by atomic mass is 16.3. The van der Waals surface area contributed by atoms with Crippen molar-refractivity contribution < 1.29 is 5.11 Å². The number of rotatable bonds is 4. The lowest BCUT2D eigenvalue weighted by atomic mass is 10.2. The number of aliphatic hydroxyl groups is 1. The van der Waals surface area contributed by atoms with Gasteiger partial charge in [-0.15, -0.1) is 5.12 Å². The minimum atomic E-state index is -0.0322. The fourth-order valence-corrected chi connectivity index (χ4v) is 2.19. The van der Waals surface area contributed by atoms with Gasteiger partial charge in [-0.2, -0.15) is 0 Å². The number of hydrogen-bond donors (Lipinski definition) is 3. The second-order valence-electron chi connectivity index (χ2n) is 4.47. The summed E-state index contributed by atoms with van der Waals surface area (Å²) in [4.78, 5) is 0. The molecule has 0 bridgehead atoms. The van der Waals surface area contributed by atoms with Gasteiger partial charge in [-0.05, 0) is 12.5 Å². The Balaban J connectivity index is 2.20. The van der Waals surface area contributed by atoms with Gasteiger partial charge in [0.15, 0.2) is 0 Å². The lowest BCUT2D eigenvalue weighted by Gasteiger charge is -2.30. The van der Waals surface area contributed by atoms with Crippen LogP contribution in [0, 0.1) is 0 Å². The fraction of sp³-hybridized carbons (Fsp3) is 0.385. The molecule has 1 heterocycles. The van der Waals surface area contributed by atoms with E-state index in [0.29, 0.717) is 13.0 Å². The SMILES string of the molecule is CC1C(N)=C(CCO)N(Cc2ccccc2)N1N. The molecule has 98 valence electrons. The predicted octanol–water partition coefficient (Wildman–Crippen LogP) is 0.534. The highest BCUT2D eigenvalue weighted by molar-refractivity contribution is 5.22. The van der Waals surface area contributed by atoms with Crippen LogP contribution in [0.3, 0.4) is 0 Å². The maximum absolute atomic E-state index is 9.13. The van der Waals surface area contributed by atoms with Crippen molar-refractivity contribution in [3.8, 4) is 0 Å². The van der Waals surface area contributed by atoms with Crippen LogP contribution < -0.4 is 11.6 Å². The number of nitrogens with zero attached hydrogens (tertiary/aromatic N) is 2. The molecule has 0 aliphatic carbocycles. The van der Waals surface area contributed by atoms with Gasteiger partial charge in [0.25, 0.3) is 0 Å². The van der Waals surface area contributed by atoms with Gasteiger partial charge >= 0.3 is 0 Å². The zero-order valence-corrected chi connectivity index (χ0v) is 10.6. The Morgan fingerprint density at radius 2 is 1.94 bits per heavy atom. The van der Waals surface area contributed by atoms with E-state index in [1.54, 1.807) is 5.12 Å². The Labute approximate surface area is 107 Å². The monoisotopic (exact) mass is 248 g/mol. The molecule has 0 saturated heterocycles. The van der Waals surface area contributed by atoms with Gasteiger partial charge in [-0.1, -0.05) is 30.3 Å². The van der Waals surface area contributed by atoms with E-state index in [-0.39, 0.29) is 12.6 Å². The van der Waals surface area contributed by atoms with E-state index in [0.717, 1.165) is 17.0 Å². The summed E-state index contributed by atoms with van der Waals surface area (Å²) < 4.78 is 0. The first-order chi connectivity index (χ1) is 8.65. The molecule has 1 aliphatic rings. The van der Waals surface area contributed by atoms with Crippen molar-refractivity contribution in [3.05, 3.63) is 47.3 Å². The van der Waals surface area contributed by atoms with Crippen LogP contribution in [0.25, 0.3) is 0 Å². The molecule has 0 amide bonds. The number of benzene rings is 1. The molecule has 0 spiro atoms. The van der Waals surface area contributed by atoms with E-state index in [9.17, 15) is 0 Å². The Hall–Kier alpha value is -1.56. The third kappa shape index (κ3) is 2.33. The summed E-state index contributed by atoms with van der Waals surface area (Å²) in [5.41, 5.74) is 8.86. The topological polar surface area (TPSA) is 78.8 Å². The zero-order valence-electron chi connectivity index (χ0n) is 10.6. The van der Waals surface area contributed by atoms with Gasteiger partial charge < -0.3 is 10.8 Å². The number of aliphatic hydroxyl groups excluding tert-OH is 1. The van der Waals surface area contributed by atoms with Crippen LogP contribution in [0.15, 0.2) is 41.7 Å². The summed E-state index contributed by atoms with van der Waals surface area (Å²) in [6, 6.07) is 10.0. The van der Waals surface area contributed by atoms with Gasteiger partial charge in [-0.25, -0.2) is 5.84 Å². The largest absolute Gasteiger partial charge is 0.399 e. The van der Waals surface area contributed by atoms with E-state index in [1.807, 2.05) is 42.3 Å². The smallest absolute Gasteiger partial charge is 0.0832 e. The molecule has 0 radical (unpaired) electrons. The van der Waals surface area contributed by atoms with Crippen LogP contribution in [0.4, 0.5) is 0 Å². The Morgan fingerprint density at radius 3 is 2.56 bits per heavy atom. The molecule has 1 aromatic rings. The molecule has 0 saturated carbocycles. The second kappa shape index (κ2) is 5.39. The van der Waals surface area contributed by atoms with Crippen LogP contribution >= 0.6 is 0 Å². The quantitative estimate of drug-likeness (QED) is 0.678. The highest BCUT2D eigenvalue weighted by Crippen LogP contribution is 2.27. The van der Waals surface area contributed by atoms with Crippen LogP contribution in [-0.2, 0) is 6.54 Å². The highest BCUT2D eigenvalue weighted by Gasteiger charge is 2.32. The standard InChI is InChI=1S/C13H20N4O/c1-10-13(14)12(7-8-18)16(17(10)15)9-11-5-3-2-4-6-11/h2-6,10,18H,7-9,14-15H2,1H3. The fourth-order valence-electron chi connectivity index (χ4n) is 2.19. The molecule has 1 atom stereocenters. The average molecular weight is 248 g/mol. The van der Waals surface area contributed by atoms with E-state index in [2.05, 4.69) is 0 Å². The van der Waals surface area contributed by atoms with E-state index < -0.39 is 0 Å². The molecule has 1 unspecified atom stereocenters. The normalized spacial score (nSPS) is 20.8. The van der Waals surface area contributed by atoms with Crippen molar-refractivity contribution in [2.24, 2.45) is 11.6 Å². The maximum atomic E-state index is 9.13. The molecule has 18 heavy (non-hydrogen) atoms. The van der Waals surface area contributed by atoms with E-state index in [4.69, 9.17) is 16.7 Å². The lowest BCUT2D eigenvalue weighted by molar-refractivity contribution is -0.00252. The van der Waals surface area contributed by atoms with Crippen LogP contribution in [-0.4, -0.2) is 27.9 Å². The van der Waals surface area contributed by atoms with Crippen molar-refractivity contribution in [2.75, 3.05) is 6.61 Å².